The number of nitrogens with zero attached hydrogens (tertiary/aromatic N) is 4. The third-order valence-corrected chi connectivity index (χ3v) is 7.44. The van der Waals surface area contributed by atoms with Crippen molar-refractivity contribution in [2.45, 2.75) is 63.3 Å². The van der Waals surface area contributed by atoms with Crippen molar-refractivity contribution in [3.8, 4) is 11.5 Å². The van der Waals surface area contributed by atoms with Crippen LogP contribution in [0, 0.1) is 0 Å². The Labute approximate surface area is 222 Å². The van der Waals surface area contributed by atoms with Crippen LogP contribution in [-0.2, 0) is 20.9 Å². The van der Waals surface area contributed by atoms with Crippen molar-refractivity contribution < 1.29 is 23.8 Å². The zero-order valence-corrected chi connectivity index (χ0v) is 22.0. The minimum absolute atomic E-state index is 0.0628. The summed E-state index contributed by atoms with van der Waals surface area (Å²) in [5.74, 6) is 0.430. The van der Waals surface area contributed by atoms with E-state index < -0.39 is 6.04 Å². The van der Waals surface area contributed by atoms with Gasteiger partial charge < -0.3 is 24.4 Å². The monoisotopic (exact) mass is 521 g/mol. The molecule has 1 aliphatic carbocycles. The van der Waals surface area contributed by atoms with E-state index in [1.165, 1.54) is 0 Å². The van der Waals surface area contributed by atoms with Gasteiger partial charge in [-0.25, -0.2) is 4.68 Å². The predicted octanol–water partition coefficient (Wildman–Crippen LogP) is 3.26. The van der Waals surface area contributed by atoms with Crippen LogP contribution in [0.4, 0.5) is 0 Å². The molecule has 38 heavy (non-hydrogen) atoms. The van der Waals surface area contributed by atoms with Gasteiger partial charge in [-0.15, -0.1) is 5.10 Å². The Morgan fingerprint density at radius 2 is 1.89 bits per heavy atom. The van der Waals surface area contributed by atoms with E-state index in [0.29, 0.717) is 29.2 Å². The molecule has 202 valence electrons. The molecule has 1 N–H and O–H groups in total. The lowest BCUT2D eigenvalue weighted by Gasteiger charge is -2.34. The minimum atomic E-state index is -0.938. The number of aromatic nitrogens is 3. The SMILES string of the molecule is COc1cccc([C@H](C(=O)NC2CCCC2)N(C[C@H]2CCCO2)C(=O)Cn2nnc3ccccc32)c1OC. The molecule has 1 saturated carbocycles. The summed E-state index contributed by atoms with van der Waals surface area (Å²) in [7, 11) is 3.10. The normalized spacial score (nSPS) is 18.4. The van der Waals surface area contributed by atoms with Crippen LogP contribution in [0.25, 0.3) is 11.0 Å². The van der Waals surface area contributed by atoms with Crippen LogP contribution in [0.3, 0.4) is 0 Å². The molecule has 10 heteroatoms. The molecule has 1 aromatic heterocycles. The standard InChI is InChI=1S/C28H35N5O5/c1-36-24-15-7-12-21(27(24)37-2)26(28(35)29-19-9-3-4-10-19)32(17-20-11-8-16-38-20)25(34)18-33-23-14-6-5-13-22(23)30-31-33/h5-7,12-15,19-20,26H,3-4,8-11,16-18H2,1-2H3,(H,29,35)/t20-,26-/m1/s1. The highest BCUT2D eigenvalue weighted by Gasteiger charge is 2.38. The van der Waals surface area contributed by atoms with Crippen molar-refractivity contribution >= 4 is 22.8 Å². The number of rotatable bonds is 10. The van der Waals surface area contributed by atoms with Gasteiger partial charge in [0.2, 0.25) is 11.8 Å². The van der Waals surface area contributed by atoms with E-state index in [4.69, 9.17) is 14.2 Å². The summed E-state index contributed by atoms with van der Waals surface area (Å²) < 4.78 is 18.8. The fourth-order valence-electron chi connectivity index (χ4n) is 5.54. The number of ether oxygens (including phenoxy) is 3. The fraction of sp³-hybridized carbons (Fsp3) is 0.500. The first-order valence-corrected chi connectivity index (χ1v) is 13.3. The molecule has 2 aliphatic rings. The van der Waals surface area contributed by atoms with Gasteiger partial charge in [-0.3, -0.25) is 9.59 Å². The summed E-state index contributed by atoms with van der Waals surface area (Å²) in [5, 5.41) is 11.6. The van der Waals surface area contributed by atoms with Crippen molar-refractivity contribution in [1.82, 2.24) is 25.2 Å². The highest BCUT2D eigenvalue weighted by Crippen LogP contribution is 2.38. The number of methoxy groups -OCH3 is 2. The largest absolute Gasteiger partial charge is 0.493 e. The second-order valence-electron chi connectivity index (χ2n) is 9.89. The smallest absolute Gasteiger partial charge is 0.247 e. The number of amides is 2. The van der Waals surface area contributed by atoms with Crippen LogP contribution < -0.4 is 14.8 Å². The van der Waals surface area contributed by atoms with Gasteiger partial charge in [0.1, 0.15) is 18.1 Å². The summed E-state index contributed by atoms with van der Waals surface area (Å²) >= 11 is 0. The Morgan fingerprint density at radius 3 is 2.63 bits per heavy atom. The zero-order valence-electron chi connectivity index (χ0n) is 22.0. The first kappa shape index (κ1) is 26.0. The Hall–Kier alpha value is -3.66. The molecule has 2 aromatic carbocycles. The molecule has 0 radical (unpaired) electrons. The lowest BCUT2D eigenvalue weighted by molar-refractivity contribution is -0.143. The van der Waals surface area contributed by atoms with Crippen molar-refractivity contribution in [1.29, 1.82) is 0 Å². The minimum Gasteiger partial charge on any atom is -0.493 e. The molecule has 1 saturated heterocycles. The maximum atomic E-state index is 14.1. The molecule has 0 unspecified atom stereocenters. The van der Waals surface area contributed by atoms with Crippen LogP contribution in [0.1, 0.15) is 50.1 Å². The number of nitrogens with one attached hydrogen (secondary N) is 1. The van der Waals surface area contributed by atoms with E-state index in [-0.39, 0.29) is 37.0 Å². The van der Waals surface area contributed by atoms with Crippen molar-refractivity contribution in [2.24, 2.45) is 0 Å². The van der Waals surface area contributed by atoms with Gasteiger partial charge in [-0.1, -0.05) is 42.3 Å². The Morgan fingerprint density at radius 1 is 1.08 bits per heavy atom. The fourth-order valence-corrected chi connectivity index (χ4v) is 5.54. The number of fused-ring (bicyclic) bond motifs is 1. The summed E-state index contributed by atoms with van der Waals surface area (Å²) in [6.45, 7) is 0.850. The van der Waals surface area contributed by atoms with Gasteiger partial charge in [0.05, 0.1) is 25.8 Å². The van der Waals surface area contributed by atoms with Crippen LogP contribution in [0.5, 0.6) is 11.5 Å². The highest BCUT2D eigenvalue weighted by molar-refractivity contribution is 5.90. The molecule has 0 spiro atoms. The lowest BCUT2D eigenvalue weighted by Crippen LogP contribution is -2.49. The first-order chi connectivity index (χ1) is 18.6. The van der Waals surface area contributed by atoms with E-state index in [9.17, 15) is 9.59 Å². The Kier molecular flexibility index (Phi) is 8.07. The van der Waals surface area contributed by atoms with E-state index in [0.717, 1.165) is 44.0 Å². The highest BCUT2D eigenvalue weighted by atomic mass is 16.5. The number of para-hydroxylation sites is 2. The average molecular weight is 522 g/mol. The molecule has 5 rings (SSSR count). The maximum absolute atomic E-state index is 14.1. The average Bonchev–Trinajstić information content (AvgIpc) is 3.71. The van der Waals surface area contributed by atoms with Crippen LogP contribution in [0.2, 0.25) is 0 Å². The van der Waals surface area contributed by atoms with Gasteiger partial charge in [-0.05, 0) is 43.9 Å². The van der Waals surface area contributed by atoms with Gasteiger partial charge in [0.15, 0.2) is 11.5 Å². The summed E-state index contributed by atoms with van der Waals surface area (Å²) in [6.07, 6.45) is 5.59. The van der Waals surface area contributed by atoms with Gasteiger partial charge >= 0.3 is 0 Å². The maximum Gasteiger partial charge on any atom is 0.247 e. The molecule has 2 heterocycles. The van der Waals surface area contributed by atoms with Crippen LogP contribution >= 0.6 is 0 Å². The molecule has 10 nitrogen and oxygen atoms in total. The molecule has 2 fully saturated rings. The molecule has 2 atom stereocenters. The van der Waals surface area contributed by atoms with Gasteiger partial charge in [0, 0.05) is 24.8 Å². The van der Waals surface area contributed by atoms with Crippen molar-refractivity contribution in [3.63, 3.8) is 0 Å². The Bertz CT molecular complexity index is 1270. The first-order valence-electron chi connectivity index (χ1n) is 13.3. The number of hydrogen-bond acceptors (Lipinski definition) is 7. The second-order valence-corrected chi connectivity index (χ2v) is 9.89. The van der Waals surface area contributed by atoms with Crippen molar-refractivity contribution in [2.75, 3.05) is 27.4 Å². The Balaban J connectivity index is 1.54. The molecule has 3 aromatic rings. The second kappa shape index (κ2) is 11.8. The van der Waals surface area contributed by atoms with Crippen LogP contribution in [-0.4, -0.2) is 71.2 Å². The van der Waals surface area contributed by atoms with Crippen molar-refractivity contribution in [3.05, 3.63) is 48.0 Å². The lowest BCUT2D eigenvalue weighted by atomic mass is 10.0. The number of carbonyl (C=O) groups is 2. The number of carbonyl (C=O) groups excluding carboxylic acids is 2. The number of hydrogen-bond donors (Lipinski definition) is 1. The summed E-state index contributed by atoms with van der Waals surface area (Å²) in [4.78, 5) is 29.7. The van der Waals surface area contributed by atoms with Gasteiger partial charge in [-0.2, -0.15) is 0 Å². The van der Waals surface area contributed by atoms with E-state index in [1.807, 2.05) is 36.4 Å². The topological polar surface area (TPSA) is 108 Å². The molecular weight excluding hydrogens is 486 g/mol. The quantitative estimate of drug-likeness (QED) is 0.436. The predicted molar refractivity (Wildman–Crippen MR) is 141 cm³/mol. The molecule has 2 amide bonds. The van der Waals surface area contributed by atoms with E-state index in [2.05, 4.69) is 15.6 Å². The third-order valence-electron chi connectivity index (χ3n) is 7.44. The molecule has 1 aliphatic heterocycles. The molecule has 0 bridgehead atoms. The molecular formula is C28H35N5O5. The summed E-state index contributed by atoms with van der Waals surface area (Å²) in [5.41, 5.74) is 2.02. The summed E-state index contributed by atoms with van der Waals surface area (Å²) in [6, 6.07) is 12.1. The van der Waals surface area contributed by atoms with Gasteiger partial charge in [0.25, 0.3) is 0 Å². The van der Waals surface area contributed by atoms with E-state index in [1.54, 1.807) is 29.9 Å². The third kappa shape index (κ3) is 5.45. The zero-order chi connectivity index (χ0) is 26.5. The number of benzene rings is 2. The van der Waals surface area contributed by atoms with Crippen LogP contribution in [0.15, 0.2) is 42.5 Å². The van der Waals surface area contributed by atoms with E-state index >= 15 is 0 Å².